The number of nitrogens with two attached hydrogens (primary N) is 1. The van der Waals surface area contributed by atoms with Crippen molar-refractivity contribution >= 4 is 11.6 Å². The van der Waals surface area contributed by atoms with Crippen LogP contribution in [0.5, 0.6) is 0 Å². The Hall–Kier alpha value is -0.740. The Morgan fingerprint density at radius 1 is 1.16 bits per heavy atom. The van der Waals surface area contributed by atoms with E-state index in [4.69, 9.17) is 17.3 Å². The molecule has 104 valence electrons. The molecule has 2 aliphatic rings. The van der Waals surface area contributed by atoms with Crippen LogP contribution in [0.15, 0.2) is 12.1 Å². The number of hydrogen-bond donors (Lipinski definition) is 1. The highest BCUT2D eigenvalue weighted by atomic mass is 35.5. The second-order valence-electron chi connectivity index (χ2n) is 5.92. The fourth-order valence-corrected chi connectivity index (χ4v) is 3.90. The van der Waals surface area contributed by atoms with Gasteiger partial charge >= 0.3 is 0 Å². The van der Waals surface area contributed by atoms with E-state index in [1.165, 1.54) is 6.07 Å². The van der Waals surface area contributed by atoms with Crippen molar-refractivity contribution in [3.63, 3.8) is 0 Å². The van der Waals surface area contributed by atoms with E-state index >= 15 is 0 Å². The molecule has 2 N–H and O–H groups in total. The third-order valence-electron chi connectivity index (χ3n) is 4.86. The molecule has 5 heteroatoms. The van der Waals surface area contributed by atoms with Crippen LogP contribution in [0.3, 0.4) is 0 Å². The molecule has 1 atom stereocenters. The van der Waals surface area contributed by atoms with E-state index in [0.717, 1.165) is 6.07 Å². The molecule has 1 nitrogen and oxygen atoms in total. The first-order valence-electron chi connectivity index (χ1n) is 6.45. The molecule has 0 amide bonds. The second kappa shape index (κ2) is 4.13. The zero-order valence-corrected chi connectivity index (χ0v) is 11.1. The number of benzene rings is 1. The van der Waals surface area contributed by atoms with Crippen LogP contribution in [-0.2, 0) is 0 Å². The number of halogens is 4. The van der Waals surface area contributed by atoms with Crippen LogP contribution in [0.2, 0.25) is 5.02 Å². The molecule has 0 saturated heterocycles. The quantitative estimate of drug-likeness (QED) is 0.808. The molecule has 2 fully saturated rings. The zero-order chi connectivity index (χ0) is 13.8. The summed E-state index contributed by atoms with van der Waals surface area (Å²) in [5.41, 5.74) is 4.18. The van der Waals surface area contributed by atoms with Gasteiger partial charge in [0.1, 0.15) is 17.3 Å². The Morgan fingerprint density at radius 2 is 1.79 bits per heavy atom. The van der Waals surface area contributed by atoms with Crippen LogP contribution in [0, 0.1) is 17.0 Å². The van der Waals surface area contributed by atoms with Gasteiger partial charge in [-0.2, -0.15) is 0 Å². The largest absolute Gasteiger partial charge is 0.323 e. The van der Waals surface area contributed by atoms with Crippen LogP contribution in [-0.4, -0.2) is 5.67 Å². The third-order valence-corrected chi connectivity index (χ3v) is 5.15. The molecule has 0 heterocycles. The van der Waals surface area contributed by atoms with Gasteiger partial charge in [0.25, 0.3) is 0 Å². The van der Waals surface area contributed by atoms with Crippen molar-refractivity contribution in [1.82, 2.24) is 0 Å². The van der Waals surface area contributed by atoms with Crippen LogP contribution >= 0.6 is 11.6 Å². The maximum Gasteiger partial charge on any atom is 0.149 e. The molecule has 19 heavy (non-hydrogen) atoms. The van der Waals surface area contributed by atoms with E-state index in [-0.39, 0.29) is 10.6 Å². The molecule has 2 bridgehead atoms. The van der Waals surface area contributed by atoms with Crippen molar-refractivity contribution in [2.45, 2.75) is 43.8 Å². The van der Waals surface area contributed by atoms with Gasteiger partial charge in [0.15, 0.2) is 0 Å². The lowest BCUT2D eigenvalue weighted by molar-refractivity contribution is 0.175. The number of fused-ring (bicyclic) bond motifs is 2. The zero-order valence-electron chi connectivity index (χ0n) is 10.4. The molecular weight excluding hydrogens is 275 g/mol. The number of rotatable bonds is 2. The van der Waals surface area contributed by atoms with E-state index in [2.05, 4.69) is 0 Å². The molecule has 1 aromatic rings. The fourth-order valence-electron chi connectivity index (χ4n) is 3.74. The van der Waals surface area contributed by atoms with E-state index in [1.54, 1.807) is 0 Å². The molecule has 2 aliphatic carbocycles. The molecule has 0 unspecified atom stereocenters. The summed E-state index contributed by atoms with van der Waals surface area (Å²) in [5.74, 6) is -1.51. The molecule has 3 rings (SSSR count). The third kappa shape index (κ3) is 1.88. The van der Waals surface area contributed by atoms with Crippen LogP contribution in [0.25, 0.3) is 0 Å². The number of hydrogen-bond acceptors (Lipinski definition) is 1. The maximum atomic E-state index is 14.2. The highest BCUT2D eigenvalue weighted by Crippen LogP contribution is 2.63. The first kappa shape index (κ1) is 13.3. The van der Waals surface area contributed by atoms with Gasteiger partial charge in [0.05, 0.1) is 5.02 Å². The lowest BCUT2D eigenvalue weighted by Gasteiger charge is -2.33. The van der Waals surface area contributed by atoms with Crippen molar-refractivity contribution in [3.05, 3.63) is 34.4 Å². The predicted molar refractivity (Wildman–Crippen MR) is 67.7 cm³/mol. The summed E-state index contributed by atoms with van der Waals surface area (Å²) in [6, 6.07) is 1.44. The minimum absolute atomic E-state index is 0.147. The van der Waals surface area contributed by atoms with Gasteiger partial charge in [-0.05, 0) is 49.7 Å². The molecule has 0 spiro atoms. The van der Waals surface area contributed by atoms with E-state index in [0.29, 0.717) is 32.1 Å². The Bertz CT molecular complexity index is 524. The normalized spacial score (nSPS) is 34.8. The molecule has 2 saturated carbocycles. The number of alkyl halides is 1. The fraction of sp³-hybridized carbons (Fsp3) is 0.571. The predicted octanol–water partition coefficient (Wildman–Crippen LogP) is 4.29. The Kier molecular flexibility index (Phi) is 2.88. The summed E-state index contributed by atoms with van der Waals surface area (Å²) < 4.78 is 42.1. The molecular formula is C14H15ClF3N. The van der Waals surface area contributed by atoms with E-state index in [1.807, 2.05) is 0 Å². The first-order valence-corrected chi connectivity index (χ1v) is 6.83. The Morgan fingerprint density at radius 3 is 2.32 bits per heavy atom. The van der Waals surface area contributed by atoms with Gasteiger partial charge in [0, 0.05) is 11.6 Å². The van der Waals surface area contributed by atoms with Gasteiger partial charge < -0.3 is 5.73 Å². The van der Waals surface area contributed by atoms with Crippen molar-refractivity contribution in [1.29, 1.82) is 0 Å². The van der Waals surface area contributed by atoms with Crippen molar-refractivity contribution in [2.24, 2.45) is 11.1 Å². The summed E-state index contributed by atoms with van der Waals surface area (Å²) in [5, 5.41) is -0.147. The second-order valence-corrected chi connectivity index (χ2v) is 6.33. The average molecular weight is 290 g/mol. The van der Waals surface area contributed by atoms with Crippen molar-refractivity contribution in [3.8, 4) is 0 Å². The highest BCUT2D eigenvalue weighted by molar-refractivity contribution is 6.30. The van der Waals surface area contributed by atoms with Gasteiger partial charge in [-0.15, -0.1) is 0 Å². The maximum absolute atomic E-state index is 14.2. The summed E-state index contributed by atoms with van der Waals surface area (Å²) in [6.45, 7) is 0. The minimum Gasteiger partial charge on any atom is -0.323 e. The molecule has 0 aromatic heterocycles. The summed E-state index contributed by atoms with van der Waals surface area (Å²) >= 11 is 5.69. The molecule has 1 aromatic carbocycles. The van der Waals surface area contributed by atoms with Crippen LogP contribution in [0.4, 0.5) is 13.2 Å². The standard InChI is InChI=1S/C14H15ClF3N/c15-8-1-2-9(16)10(11(8)17)12(19)13-3-5-14(18,7-13)6-4-13/h1-2,12H,3-7,19H2/t12-,13?,14?/m1/s1. The summed E-state index contributed by atoms with van der Waals surface area (Å²) in [6.07, 6.45) is 2.33. The summed E-state index contributed by atoms with van der Waals surface area (Å²) in [4.78, 5) is 0. The molecule has 0 radical (unpaired) electrons. The van der Waals surface area contributed by atoms with Gasteiger partial charge in [-0.1, -0.05) is 11.6 Å². The smallest absolute Gasteiger partial charge is 0.149 e. The Balaban J connectivity index is 2.02. The van der Waals surface area contributed by atoms with E-state index in [9.17, 15) is 13.2 Å². The van der Waals surface area contributed by atoms with E-state index < -0.39 is 28.8 Å². The Labute approximate surface area is 114 Å². The molecule has 0 aliphatic heterocycles. The first-order chi connectivity index (χ1) is 8.87. The summed E-state index contributed by atoms with van der Waals surface area (Å²) in [7, 11) is 0. The highest BCUT2D eigenvalue weighted by Gasteiger charge is 2.58. The topological polar surface area (TPSA) is 26.0 Å². The van der Waals surface area contributed by atoms with Crippen LogP contribution in [0.1, 0.15) is 43.7 Å². The SMILES string of the molecule is N[C@H](c1c(F)ccc(Cl)c1F)C12CCC(F)(CC1)C2. The average Bonchev–Trinajstić information content (AvgIpc) is 2.89. The monoisotopic (exact) mass is 289 g/mol. The van der Waals surface area contributed by atoms with Gasteiger partial charge in [-0.25, -0.2) is 13.2 Å². The van der Waals surface area contributed by atoms with Crippen molar-refractivity contribution < 1.29 is 13.2 Å². The lowest BCUT2D eigenvalue weighted by Crippen LogP contribution is -2.32. The minimum atomic E-state index is -1.19. The van der Waals surface area contributed by atoms with Crippen LogP contribution < -0.4 is 5.73 Å². The lowest BCUT2D eigenvalue weighted by atomic mass is 9.74. The van der Waals surface area contributed by atoms with Crippen molar-refractivity contribution in [2.75, 3.05) is 0 Å². The van der Waals surface area contributed by atoms with Gasteiger partial charge in [-0.3, -0.25) is 0 Å². The van der Waals surface area contributed by atoms with Gasteiger partial charge in [0.2, 0.25) is 0 Å².